The average Bonchev–Trinajstić information content (AvgIpc) is 2.08. The lowest BCUT2D eigenvalue weighted by Crippen LogP contribution is -1.93. The van der Waals surface area contributed by atoms with Crippen LogP contribution >= 0.6 is 0 Å². The van der Waals surface area contributed by atoms with Gasteiger partial charge in [-0.05, 0) is 6.92 Å². The molecule has 0 aliphatic heterocycles. The number of benzene rings is 1. The molecule has 5 nitrogen and oxygen atoms in total. The zero-order chi connectivity index (χ0) is 9.84. The standard InChI is InChI=1S/C8H8N2O3/c1-6-2-3-7(5-9-11)4-8(6)10(12)13/h2-5,11H,1H3/b9-5-. The highest BCUT2D eigenvalue weighted by Gasteiger charge is 2.09. The van der Waals surface area contributed by atoms with Crippen LogP contribution in [0, 0.1) is 17.0 Å². The molecule has 5 heteroatoms. The molecule has 68 valence electrons. The first-order valence-electron chi connectivity index (χ1n) is 3.57. The summed E-state index contributed by atoms with van der Waals surface area (Å²) in [6, 6.07) is 4.60. The predicted molar refractivity (Wildman–Crippen MR) is 47.2 cm³/mol. The monoisotopic (exact) mass is 180 g/mol. The Morgan fingerprint density at radius 1 is 1.62 bits per heavy atom. The summed E-state index contributed by atoms with van der Waals surface area (Å²) in [6.45, 7) is 1.65. The smallest absolute Gasteiger partial charge is 0.272 e. The third-order valence-corrected chi connectivity index (χ3v) is 1.64. The zero-order valence-electron chi connectivity index (χ0n) is 6.97. The van der Waals surface area contributed by atoms with Crippen LogP contribution in [-0.2, 0) is 0 Å². The minimum Gasteiger partial charge on any atom is -0.411 e. The first-order valence-corrected chi connectivity index (χ1v) is 3.57. The SMILES string of the molecule is Cc1ccc(/C=N\O)cc1[N+](=O)[O-]. The third-order valence-electron chi connectivity index (χ3n) is 1.64. The van der Waals surface area contributed by atoms with Crippen molar-refractivity contribution >= 4 is 11.9 Å². The van der Waals surface area contributed by atoms with Crippen LogP contribution in [0.3, 0.4) is 0 Å². The lowest BCUT2D eigenvalue weighted by atomic mass is 10.1. The minimum absolute atomic E-state index is 0.0254. The Bertz CT molecular complexity index is 360. The van der Waals surface area contributed by atoms with Gasteiger partial charge in [0.05, 0.1) is 11.1 Å². The van der Waals surface area contributed by atoms with Crippen molar-refractivity contribution in [2.24, 2.45) is 5.16 Å². The number of nitro benzene ring substituents is 1. The van der Waals surface area contributed by atoms with Crippen molar-refractivity contribution in [1.29, 1.82) is 0 Å². The highest BCUT2D eigenvalue weighted by atomic mass is 16.6. The number of oxime groups is 1. The summed E-state index contributed by atoms with van der Waals surface area (Å²) in [7, 11) is 0. The van der Waals surface area contributed by atoms with E-state index in [1.54, 1.807) is 19.1 Å². The Balaban J connectivity index is 3.18. The zero-order valence-corrected chi connectivity index (χ0v) is 6.97. The molecule has 0 bridgehead atoms. The van der Waals surface area contributed by atoms with E-state index in [4.69, 9.17) is 5.21 Å². The first kappa shape index (κ1) is 9.18. The van der Waals surface area contributed by atoms with Crippen molar-refractivity contribution < 1.29 is 10.1 Å². The molecule has 13 heavy (non-hydrogen) atoms. The predicted octanol–water partition coefficient (Wildman–Crippen LogP) is 1.71. The highest BCUT2D eigenvalue weighted by Crippen LogP contribution is 2.17. The van der Waals surface area contributed by atoms with E-state index in [2.05, 4.69) is 5.16 Å². The molecule has 0 atom stereocenters. The van der Waals surface area contributed by atoms with E-state index in [1.807, 2.05) is 0 Å². The van der Waals surface area contributed by atoms with Gasteiger partial charge in [0.2, 0.25) is 0 Å². The fourth-order valence-electron chi connectivity index (χ4n) is 0.970. The van der Waals surface area contributed by atoms with E-state index in [1.165, 1.54) is 6.07 Å². The van der Waals surface area contributed by atoms with Crippen molar-refractivity contribution in [2.45, 2.75) is 6.92 Å². The molecule has 0 aliphatic rings. The molecule has 1 aromatic carbocycles. The Labute approximate surface area is 74.5 Å². The van der Waals surface area contributed by atoms with Gasteiger partial charge in [0.15, 0.2) is 0 Å². The molecule has 0 heterocycles. The lowest BCUT2D eigenvalue weighted by Gasteiger charge is -1.97. The fourth-order valence-corrected chi connectivity index (χ4v) is 0.970. The van der Waals surface area contributed by atoms with E-state index in [9.17, 15) is 10.1 Å². The number of nitro groups is 1. The summed E-state index contributed by atoms with van der Waals surface area (Å²) in [6.07, 6.45) is 1.15. The van der Waals surface area contributed by atoms with Gasteiger partial charge in [0.25, 0.3) is 5.69 Å². The van der Waals surface area contributed by atoms with Crippen molar-refractivity contribution in [3.05, 3.63) is 39.4 Å². The highest BCUT2D eigenvalue weighted by molar-refractivity contribution is 5.80. The lowest BCUT2D eigenvalue weighted by molar-refractivity contribution is -0.385. The molecule has 0 fully saturated rings. The second kappa shape index (κ2) is 3.66. The van der Waals surface area contributed by atoms with Gasteiger partial charge in [-0.1, -0.05) is 17.3 Å². The maximum atomic E-state index is 10.5. The maximum Gasteiger partial charge on any atom is 0.272 e. The van der Waals surface area contributed by atoms with Gasteiger partial charge in [-0.3, -0.25) is 10.1 Å². The molecule has 0 amide bonds. The quantitative estimate of drug-likeness (QED) is 0.326. The third kappa shape index (κ3) is 2.02. The molecule has 0 spiro atoms. The van der Waals surface area contributed by atoms with E-state index >= 15 is 0 Å². The number of hydrogen-bond acceptors (Lipinski definition) is 4. The second-order valence-corrected chi connectivity index (χ2v) is 2.55. The second-order valence-electron chi connectivity index (χ2n) is 2.55. The fraction of sp³-hybridized carbons (Fsp3) is 0.125. The first-order chi connectivity index (χ1) is 6.15. The van der Waals surface area contributed by atoms with Crippen molar-refractivity contribution in [3.8, 4) is 0 Å². The largest absolute Gasteiger partial charge is 0.411 e. The summed E-state index contributed by atoms with van der Waals surface area (Å²) < 4.78 is 0. The van der Waals surface area contributed by atoms with E-state index < -0.39 is 4.92 Å². The molecule has 0 radical (unpaired) electrons. The Kier molecular flexibility index (Phi) is 2.59. The molecule has 0 aromatic heterocycles. The minimum atomic E-state index is -0.468. The van der Waals surface area contributed by atoms with Gasteiger partial charge in [0.1, 0.15) is 0 Å². The summed E-state index contributed by atoms with van der Waals surface area (Å²) in [5.41, 5.74) is 1.11. The topological polar surface area (TPSA) is 75.7 Å². The van der Waals surface area contributed by atoms with Crippen LogP contribution in [-0.4, -0.2) is 16.3 Å². The molecule has 1 rings (SSSR count). The van der Waals surface area contributed by atoms with Gasteiger partial charge in [0, 0.05) is 17.2 Å². The Morgan fingerprint density at radius 3 is 2.85 bits per heavy atom. The number of rotatable bonds is 2. The van der Waals surface area contributed by atoms with E-state index in [-0.39, 0.29) is 5.69 Å². The normalized spacial score (nSPS) is 10.5. The molecule has 0 unspecified atom stereocenters. The number of aryl methyl sites for hydroxylation is 1. The van der Waals surface area contributed by atoms with Gasteiger partial charge >= 0.3 is 0 Å². The van der Waals surface area contributed by atoms with E-state index in [0.29, 0.717) is 11.1 Å². The van der Waals surface area contributed by atoms with Crippen molar-refractivity contribution in [2.75, 3.05) is 0 Å². The number of hydrogen-bond donors (Lipinski definition) is 1. The Morgan fingerprint density at radius 2 is 2.31 bits per heavy atom. The van der Waals surface area contributed by atoms with Crippen LogP contribution in [0.2, 0.25) is 0 Å². The average molecular weight is 180 g/mol. The van der Waals surface area contributed by atoms with Crippen molar-refractivity contribution in [1.82, 2.24) is 0 Å². The molecule has 0 aliphatic carbocycles. The summed E-state index contributed by atoms with van der Waals surface area (Å²) in [4.78, 5) is 10.0. The molecular weight excluding hydrogens is 172 g/mol. The van der Waals surface area contributed by atoms with Crippen LogP contribution in [0.1, 0.15) is 11.1 Å². The summed E-state index contributed by atoms with van der Waals surface area (Å²) >= 11 is 0. The summed E-state index contributed by atoms with van der Waals surface area (Å²) in [5.74, 6) is 0. The van der Waals surface area contributed by atoms with Crippen LogP contribution in [0.25, 0.3) is 0 Å². The molecular formula is C8H8N2O3. The van der Waals surface area contributed by atoms with Crippen LogP contribution < -0.4 is 0 Å². The Hall–Kier alpha value is -1.91. The van der Waals surface area contributed by atoms with Gasteiger partial charge in [-0.25, -0.2) is 0 Å². The maximum absolute atomic E-state index is 10.5. The van der Waals surface area contributed by atoms with Crippen molar-refractivity contribution in [3.63, 3.8) is 0 Å². The van der Waals surface area contributed by atoms with E-state index in [0.717, 1.165) is 6.21 Å². The van der Waals surface area contributed by atoms with Gasteiger partial charge < -0.3 is 5.21 Å². The van der Waals surface area contributed by atoms with Crippen LogP contribution in [0.4, 0.5) is 5.69 Å². The van der Waals surface area contributed by atoms with Gasteiger partial charge in [-0.2, -0.15) is 0 Å². The molecule has 1 N–H and O–H groups in total. The van der Waals surface area contributed by atoms with Gasteiger partial charge in [-0.15, -0.1) is 0 Å². The van der Waals surface area contributed by atoms with Crippen LogP contribution in [0.15, 0.2) is 23.4 Å². The molecule has 0 saturated heterocycles. The molecule has 0 saturated carbocycles. The summed E-state index contributed by atoms with van der Waals surface area (Å²) in [5, 5.41) is 21.5. The number of nitrogens with zero attached hydrogens (tertiary/aromatic N) is 2. The van der Waals surface area contributed by atoms with Crippen LogP contribution in [0.5, 0.6) is 0 Å². The molecule has 1 aromatic rings.